The fourth-order valence-electron chi connectivity index (χ4n) is 3.50. The largest absolute Gasteiger partial charge is 0.459 e. The first-order valence-electron chi connectivity index (χ1n) is 10.7. The summed E-state index contributed by atoms with van der Waals surface area (Å²) in [7, 11) is -3.82. The van der Waals surface area contributed by atoms with Crippen LogP contribution in [0.2, 0.25) is 0 Å². The molecule has 0 saturated heterocycles. The molecule has 1 aliphatic carbocycles. The van der Waals surface area contributed by atoms with Crippen molar-refractivity contribution in [3.8, 4) is 0 Å². The Morgan fingerprint density at radius 3 is 2.28 bits per heavy atom. The fourth-order valence-corrected chi connectivity index (χ4v) is 5.71. The highest BCUT2D eigenvalue weighted by Gasteiger charge is 2.51. The summed E-state index contributed by atoms with van der Waals surface area (Å²) >= 11 is 2.27. The summed E-state index contributed by atoms with van der Waals surface area (Å²) in [6.45, 7) is 8.88. The van der Waals surface area contributed by atoms with E-state index in [0.29, 0.717) is 5.82 Å². The Kier molecular flexibility index (Phi) is 7.85. The minimum absolute atomic E-state index is 0.0953. The van der Waals surface area contributed by atoms with E-state index >= 15 is 0 Å². The molecule has 1 aromatic carbocycles. The number of ether oxygens (including phenoxy) is 1. The Bertz CT molecular complexity index is 971. The van der Waals surface area contributed by atoms with Gasteiger partial charge in [0.15, 0.2) is 11.5 Å². The van der Waals surface area contributed by atoms with Crippen molar-refractivity contribution in [1.29, 1.82) is 0 Å². The predicted molar refractivity (Wildman–Crippen MR) is 128 cm³/mol. The predicted octanol–water partition coefficient (Wildman–Crippen LogP) is 5.27. The molecule has 1 heterocycles. The molecule has 0 radical (unpaired) electrons. The van der Waals surface area contributed by atoms with Crippen molar-refractivity contribution in [3.63, 3.8) is 0 Å². The number of halogens is 1. The summed E-state index contributed by atoms with van der Waals surface area (Å²) < 4.78 is 36.5. The van der Waals surface area contributed by atoms with E-state index in [0.717, 1.165) is 22.0 Å². The van der Waals surface area contributed by atoms with Gasteiger partial charge in [0.05, 0.1) is 25.0 Å². The number of benzene rings is 1. The maximum Gasteiger partial charge on any atom is 0.345 e. The highest BCUT2D eigenvalue weighted by atomic mass is 127. The molecule has 1 atom stereocenters. The molecule has 1 fully saturated rings. The number of rotatable bonds is 10. The van der Waals surface area contributed by atoms with E-state index in [1.807, 2.05) is 0 Å². The minimum Gasteiger partial charge on any atom is -0.459 e. The summed E-state index contributed by atoms with van der Waals surface area (Å²) in [4.78, 5) is 17.6. The first-order chi connectivity index (χ1) is 15.0. The number of hydrogen-bond donors (Lipinski definition) is 0. The van der Waals surface area contributed by atoms with Crippen molar-refractivity contribution in [1.82, 2.24) is 10.1 Å². The van der Waals surface area contributed by atoms with Crippen LogP contribution < -0.4 is 0 Å². The van der Waals surface area contributed by atoms with Gasteiger partial charge in [-0.2, -0.15) is 4.98 Å². The van der Waals surface area contributed by atoms with E-state index < -0.39 is 24.8 Å². The molecule has 176 valence electrons. The molecular formula is C22H30IN2O6P. The van der Waals surface area contributed by atoms with E-state index in [-0.39, 0.29) is 30.9 Å². The molecule has 3 rings (SSSR count). The van der Waals surface area contributed by atoms with Crippen molar-refractivity contribution < 1.29 is 27.7 Å². The first kappa shape index (κ1) is 25.3. The van der Waals surface area contributed by atoms with Crippen LogP contribution in [0.5, 0.6) is 0 Å². The highest BCUT2D eigenvalue weighted by Crippen LogP contribution is 2.55. The van der Waals surface area contributed by atoms with Crippen LogP contribution >= 0.6 is 30.2 Å². The Hall–Kier alpha value is -1.29. The zero-order valence-corrected chi connectivity index (χ0v) is 22.1. The van der Waals surface area contributed by atoms with Crippen LogP contribution in [0.15, 0.2) is 28.8 Å². The van der Waals surface area contributed by atoms with Gasteiger partial charge in [-0.05, 0) is 87.7 Å². The van der Waals surface area contributed by atoms with E-state index in [4.69, 9.17) is 18.3 Å². The number of aromatic nitrogens is 2. The van der Waals surface area contributed by atoms with Crippen LogP contribution in [0.3, 0.4) is 0 Å². The number of carbonyl (C=O) groups is 1. The van der Waals surface area contributed by atoms with Gasteiger partial charge < -0.3 is 18.3 Å². The van der Waals surface area contributed by atoms with Crippen molar-refractivity contribution in [3.05, 3.63) is 45.1 Å². The lowest BCUT2D eigenvalue weighted by molar-refractivity contribution is -0.154. The van der Waals surface area contributed by atoms with Gasteiger partial charge in [-0.3, -0.25) is 9.36 Å². The van der Waals surface area contributed by atoms with Gasteiger partial charge in [-0.25, -0.2) is 0 Å². The van der Waals surface area contributed by atoms with E-state index in [2.05, 4.69) is 57.0 Å². The van der Waals surface area contributed by atoms with Gasteiger partial charge in [-0.1, -0.05) is 17.3 Å². The van der Waals surface area contributed by atoms with E-state index in [9.17, 15) is 9.36 Å². The summed E-state index contributed by atoms with van der Waals surface area (Å²) in [5.41, 5.74) is -1.12. The molecule has 8 nitrogen and oxygen atoms in total. The normalized spacial score (nSPS) is 16.6. The molecule has 0 amide bonds. The fraction of sp³-hybridized carbons (Fsp3) is 0.591. The third kappa shape index (κ3) is 5.79. The molecule has 1 aromatic heterocycles. The molecule has 1 saturated carbocycles. The van der Waals surface area contributed by atoms with Gasteiger partial charge in [0, 0.05) is 3.57 Å². The summed E-state index contributed by atoms with van der Waals surface area (Å²) in [6.07, 6.45) is 1.73. The third-order valence-electron chi connectivity index (χ3n) is 5.09. The molecule has 0 bridgehead atoms. The summed E-state index contributed by atoms with van der Waals surface area (Å²) in [6, 6.07) is 8.26. The monoisotopic (exact) mass is 576 g/mol. The van der Waals surface area contributed by atoms with Crippen LogP contribution in [0.25, 0.3) is 0 Å². The smallest absolute Gasteiger partial charge is 0.345 e. The Balaban J connectivity index is 1.88. The van der Waals surface area contributed by atoms with Gasteiger partial charge in [0.1, 0.15) is 5.60 Å². The van der Waals surface area contributed by atoms with Gasteiger partial charge >= 0.3 is 13.6 Å². The molecule has 1 unspecified atom stereocenters. The summed E-state index contributed by atoms with van der Waals surface area (Å²) in [5, 5.41) is 4.20. The molecule has 0 N–H and O–H groups in total. The Morgan fingerprint density at radius 1 is 1.19 bits per heavy atom. The van der Waals surface area contributed by atoms with Crippen LogP contribution in [0.4, 0.5) is 0 Å². The molecule has 0 spiro atoms. The summed E-state index contributed by atoms with van der Waals surface area (Å²) in [5.74, 6) is 0.0906. The second kappa shape index (κ2) is 9.91. The molecule has 1 aliphatic rings. The topological polar surface area (TPSA) is 101 Å². The van der Waals surface area contributed by atoms with Crippen molar-refractivity contribution in [2.24, 2.45) is 0 Å². The highest BCUT2D eigenvalue weighted by molar-refractivity contribution is 14.1. The SMILES string of the molecule is CCOP(=O)(OCC)C(Cc1nc(C2(c3ccc(I)cc3)CC2)no1)C(=O)OC(C)(C)C. The Labute approximate surface area is 202 Å². The second-order valence-electron chi connectivity index (χ2n) is 8.73. The molecule has 10 heteroatoms. The second-order valence-corrected chi connectivity index (χ2v) is 12.2. The number of hydrogen-bond acceptors (Lipinski definition) is 8. The van der Waals surface area contributed by atoms with Crippen molar-refractivity contribution in [2.45, 2.75) is 70.6 Å². The number of carbonyl (C=O) groups excluding carboxylic acids is 1. The van der Waals surface area contributed by atoms with Crippen LogP contribution in [-0.4, -0.2) is 40.6 Å². The molecule has 32 heavy (non-hydrogen) atoms. The van der Waals surface area contributed by atoms with Gasteiger partial charge in [0.2, 0.25) is 5.89 Å². The number of esters is 1. The third-order valence-corrected chi connectivity index (χ3v) is 8.20. The van der Waals surface area contributed by atoms with E-state index in [1.165, 1.54) is 0 Å². The van der Waals surface area contributed by atoms with Gasteiger partial charge in [0.25, 0.3) is 0 Å². The lowest BCUT2D eigenvalue weighted by Gasteiger charge is -2.27. The average Bonchev–Trinajstić information content (AvgIpc) is 3.36. The minimum atomic E-state index is -3.82. The van der Waals surface area contributed by atoms with Crippen molar-refractivity contribution >= 4 is 36.2 Å². The van der Waals surface area contributed by atoms with Crippen LogP contribution in [-0.2, 0) is 35.0 Å². The zero-order chi connectivity index (χ0) is 23.6. The molecular weight excluding hydrogens is 546 g/mol. The first-order valence-corrected chi connectivity index (χ1v) is 13.4. The van der Waals surface area contributed by atoms with Crippen molar-refractivity contribution in [2.75, 3.05) is 13.2 Å². The molecule has 2 aromatic rings. The zero-order valence-electron chi connectivity index (χ0n) is 19.1. The van der Waals surface area contributed by atoms with Crippen LogP contribution in [0.1, 0.15) is 64.7 Å². The maximum atomic E-state index is 13.5. The maximum absolute atomic E-state index is 13.5. The lowest BCUT2D eigenvalue weighted by Crippen LogP contribution is -2.34. The number of nitrogens with zero attached hydrogens (tertiary/aromatic N) is 2. The molecule has 0 aliphatic heterocycles. The standard InChI is InChI=1S/C22H30IN2O6P/c1-6-28-32(27,29-7-2)17(19(26)30-21(3,4)5)14-18-24-20(25-31-18)22(12-13-22)15-8-10-16(23)11-9-15/h8-11,17H,6-7,12-14H2,1-5H3. The lowest BCUT2D eigenvalue weighted by atomic mass is 9.95. The average molecular weight is 576 g/mol. The quantitative estimate of drug-likeness (QED) is 0.214. The Morgan fingerprint density at radius 2 is 1.78 bits per heavy atom. The van der Waals surface area contributed by atoms with Gasteiger partial charge in [-0.15, -0.1) is 0 Å². The van der Waals surface area contributed by atoms with Crippen LogP contribution in [0, 0.1) is 3.57 Å². The van der Waals surface area contributed by atoms with E-state index in [1.54, 1.807) is 34.6 Å².